The summed E-state index contributed by atoms with van der Waals surface area (Å²) >= 11 is 1.84. The van der Waals surface area contributed by atoms with E-state index in [4.69, 9.17) is 13.8 Å². The van der Waals surface area contributed by atoms with Crippen LogP contribution in [0.4, 0.5) is 0 Å². The lowest BCUT2D eigenvalue weighted by molar-refractivity contribution is -0.121. The van der Waals surface area contributed by atoms with E-state index in [0.29, 0.717) is 10.1 Å². The fraction of sp³-hybridized carbons (Fsp3) is 0.410. The Morgan fingerprint density at radius 2 is 1.57 bits per heavy atom. The van der Waals surface area contributed by atoms with Crippen LogP contribution in [0, 0.1) is 3.70 Å². The first-order valence-corrected chi connectivity index (χ1v) is 21.0. The molecule has 0 aliphatic carbocycles. The van der Waals surface area contributed by atoms with Gasteiger partial charge in [0.05, 0.1) is 6.61 Å². The van der Waals surface area contributed by atoms with Gasteiger partial charge in [0.1, 0.15) is 21.7 Å². The van der Waals surface area contributed by atoms with Gasteiger partial charge in [0, 0.05) is 30.6 Å². The van der Waals surface area contributed by atoms with Gasteiger partial charge >= 0.3 is 13.4 Å². The van der Waals surface area contributed by atoms with Crippen molar-refractivity contribution in [3.8, 4) is 5.75 Å². The zero-order chi connectivity index (χ0) is 40.5. The Hall–Kier alpha value is -4.12. The van der Waals surface area contributed by atoms with Crippen LogP contribution in [0.15, 0.2) is 125 Å². The number of halogens is 1. The smallest absolute Gasteiger partial charge is 0.413 e. The number of aliphatic hydroxyl groups excluding tert-OH is 2. The Balaban J connectivity index is 1.42. The molecule has 302 valence electrons. The zero-order valence-corrected chi connectivity index (χ0v) is 34.4. The summed E-state index contributed by atoms with van der Waals surface area (Å²) in [5.74, 6) is -0.0416. The van der Waals surface area contributed by atoms with Crippen molar-refractivity contribution in [2.75, 3.05) is 19.7 Å². The fourth-order valence-electron chi connectivity index (χ4n) is 5.12. The number of hydrogen-bond acceptors (Lipinski definition) is 10. The zero-order valence-electron chi connectivity index (χ0n) is 31.4. The molecule has 1 aliphatic rings. The van der Waals surface area contributed by atoms with Crippen LogP contribution in [0.25, 0.3) is 10.4 Å². The second-order valence-electron chi connectivity index (χ2n) is 12.3. The highest BCUT2D eigenvalue weighted by Gasteiger charge is 2.56. The maximum atomic E-state index is 13.9. The van der Waals surface area contributed by atoms with Crippen LogP contribution in [0.1, 0.15) is 64.5 Å². The number of nitrogens with one attached hydrogen (secondary N) is 2. The molecule has 1 aliphatic heterocycles. The number of para-hydroxylation sites is 1. The molecule has 1 fully saturated rings. The Morgan fingerprint density at radius 3 is 2.14 bits per heavy atom. The van der Waals surface area contributed by atoms with Crippen LogP contribution in [-0.2, 0) is 18.6 Å². The van der Waals surface area contributed by atoms with Gasteiger partial charge in [-0.15, -0.1) is 0 Å². The Bertz CT molecular complexity index is 1850. The van der Waals surface area contributed by atoms with Gasteiger partial charge in [-0.25, -0.2) is 14.4 Å². The SMILES string of the molecule is CC/C=C\C/C=C\C/C=C\C/C=C\C/C=C\C/C=C\CCC(=O)NCCNP(=O)(OC[C@@]1(N=[N+]=[N-])O[C@@H](n2ccc(I)nc2=O)[C@H](O)[C@@H]1O)Oc1ccccc1. The number of azide groups is 1. The van der Waals surface area contributed by atoms with Crippen LogP contribution in [0.2, 0.25) is 0 Å². The Kier molecular flexibility index (Phi) is 21.4. The number of allylic oxidation sites excluding steroid dienone is 12. The maximum absolute atomic E-state index is 13.9. The Labute approximate surface area is 341 Å². The molecule has 15 nitrogen and oxygen atoms in total. The van der Waals surface area contributed by atoms with Crippen molar-refractivity contribution in [1.29, 1.82) is 0 Å². The minimum absolute atomic E-state index is 0.0529. The number of aliphatic hydroxyl groups is 2. The highest BCUT2D eigenvalue weighted by atomic mass is 127. The van der Waals surface area contributed by atoms with E-state index in [2.05, 4.69) is 93.1 Å². The lowest BCUT2D eigenvalue weighted by Crippen LogP contribution is -2.45. The number of carbonyl (C=O) groups excluding carboxylic acids is 1. The molecule has 56 heavy (non-hydrogen) atoms. The number of carbonyl (C=O) groups is 1. The molecule has 1 saturated heterocycles. The van der Waals surface area contributed by atoms with Gasteiger partial charge in [0.25, 0.3) is 0 Å². The minimum Gasteiger partial charge on any atom is -0.413 e. The molecule has 0 bridgehead atoms. The number of amides is 1. The van der Waals surface area contributed by atoms with Gasteiger partial charge in [-0.2, -0.15) is 4.98 Å². The minimum atomic E-state index is -4.30. The molecule has 17 heteroatoms. The number of nitrogens with zero attached hydrogens (tertiary/aromatic N) is 5. The molecule has 2 aromatic rings. The highest BCUT2D eigenvalue weighted by molar-refractivity contribution is 14.1. The average Bonchev–Trinajstić information content (AvgIpc) is 3.42. The lowest BCUT2D eigenvalue weighted by Gasteiger charge is -2.29. The predicted molar refractivity (Wildman–Crippen MR) is 224 cm³/mol. The largest absolute Gasteiger partial charge is 0.458 e. The molecule has 4 N–H and O–H groups in total. The van der Waals surface area contributed by atoms with Crippen LogP contribution in [-0.4, -0.2) is 63.3 Å². The second kappa shape index (κ2) is 25.9. The van der Waals surface area contributed by atoms with Gasteiger partial charge < -0.3 is 24.8 Å². The number of rotatable bonds is 25. The van der Waals surface area contributed by atoms with Gasteiger partial charge in [-0.05, 0) is 91.3 Å². The molecule has 0 saturated carbocycles. The number of hydrogen-bond donors (Lipinski definition) is 4. The topological polar surface area (TPSA) is 210 Å². The van der Waals surface area contributed by atoms with E-state index in [1.165, 1.54) is 24.4 Å². The molecule has 5 atom stereocenters. The number of ether oxygens (including phenoxy) is 1. The monoisotopic (exact) mass is 903 g/mol. The number of aromatic nitrogens is 2. The van der Waals surface area contributed by atoms with E-state index in [1.807, 2.05) is 34.7 Å². The van der Waals surface area contributed by atoms with E-state index >= 15 is 0 Å². The molecule has 0 radical (unpaired) electrons. The third kappa shape index (κ3) is 16.5. The predicted octanol–water partition coefficient (Wildman–Crippen LogP) is 7.49. The van der Waals surface area contributed by atoms with Crippen LogP contribution < -0.4 is 20.6 Å². The standard InChI is InChI=1S/C39H51IN7O8P/c1-2-3-4-5-6-7-8-9-10-11-12-13-14-15-16-17-18-19-23-26-34(48)42-28-29-43-56(52,55-32-24-21-20-22-25-32)53-31-39(45-46-41)36(50)35(49)37(54-39)47-30-27-33(40)44-38(47)51/h3-4,6-7,9-10,12-13,15-16,18-22,24-25,27,30,35-37,49-50H,2,5,8,11,14,17,23,26,28-29,31H2,1H3,(H,42,48)(H,43,52)/b4-3-,7-6-,10-9-,13-12-,16-15-,19-18-/t35-,36+,37-,39-,56?/m1/s1. The molecular weight excluding hydrogens is 852 g/mol. The molecule has 0 spiro atoms. The van der Waals surface area contributed by atoms with E-state index in [0.717, 1.165) is 43.1 Å². The fourth-order valence-corrected chi connectivity index (χ4v) is 6.84. The van der Waals surface area contributed by atoms with Crippen molar-refractivity contribution < 1.29 is 33.4 Å². The van der Waals surface area contributed by atoms with Crippen molar-refractivity contribution >= 4 is 36.2 Å². The highest BCUT2D eigenvalue weighted by Crippen LogP contribution is 2.47. The molecule has 3 rings (SSSR count). The quantitative estimate of drug-likeness (QED) is 0.0113. The van der Waals surface area contributed by atoms with Crippen LogP contribution in [0.3, 0.4) is 0 Å². The van der Waals surface area contributed by atoms with E-state index < -0.39 is 44.2 Å². The van der Waals surface area contributed by atoms with Crippen LogP contribution in [0.5, 0.6) is 5.75 Å². The van der Waals surface area contributed by atoms with Gasteiger partial charge in [-0.3, -0.25) is 13.9 Å². The molecule has 1 amide bonds. The van der Waals surface area contributed by atoms with Crippen LogP contribution >= 0.6 is 30.3 Å². The van der Waals surface area contributed by atoms with E-state index in [-0.39, 0.29) is 31.2 Å². The summed E-state index contributed by atoms with van der Waals surface area (Å²) in [6.45, 7) is 1.29. The van der Waals surface area contributed by atoms with Gasteiger partial charge in [0.2, 0.25) is 11.6 Å². The van der Waals surface area contributed by atoms with Crippen molar-refractivity contribution in [1.82, 2.24) is 20.0 Å². The normalized spacial score (nSPS) is 21.2. The van der Waals surface area contributed by atoms with E-state index in [9.17, 15) is 29.9 Å². The van der Waals surface area contributed by atoms with Gasteiger partial charge in [-0.1, -0.05) is 103 Å². The first-order chi connectivity index (χ1) is 27.1. The lowest BCUT2D eigenvalue weighted by atomic mass is 10.1. The average molecular weight is 904 g/mol. The third-order valence-corrected chi connectivity index (χ3v) is 10.1. The molecule has 2 heterocycles. The number of benzene rings is 1. The molecule has 1 aromatic carbocycles. The van der Waals surface area contributed by atoms with Gasteiger partial charge in [0.15, 0.2) is 6.23 Å². The van der Waals surface area contributed by atoms with Crippen molar-refractivity contribution in [3.05, 3.63) is 140 Å². The Morgan fingerprint density at radius 1 is 0.982 bits per heavy atom. The summed E-state index contributed by atoms with van der Waals surface area (Å²) in [6.07, 6.45) is 27.9. The van der Waals surface area contributed by atoms with Crippen molar-refractivity contribution in [2.24, 2.45) is 5.11 Å². The summed E-state index contributed by atoms with van der Waals surface area (Å²) in [6, 6.07) is 9.57. The molecular formula is C39H51IN7O8P. The second-order valence-corrected chi connectivity index (χ2v) is 15.2. The third-order valence-electron chi connectivity index (χ3n) is 7.98. The summed E-state index contributed by atoms with van der Waals surface area (Å²) in [7, 11) is -4.30. The maximum Gasteiger partial charge on any atom is 0.458 e. The van der Waals surface area contributed by atoms with Crippen molar-refractivity contribution in [2.45, 2.75) is 82.5 Å². The first kappa shape index (κ1) is 46.3. The summed E-state index contributed by atoms with van der Waals surface area (Å²) < 4.78 is 32.2. The molecule has 1 aromatic heterocycles. The summed E-state index contributed by atoms with van der Waals surface area (Å²) in [4.78, 5) is 31.4. The first-order valence-electron chi connectivity index (χ1n) is 18.4. The molecule has 1 unspecified atom stereocenters. The van der Waals surface area contributed by atoms with Crippen molar-refractivity contribution in [3.63, 3.8) is 0 Å². The summed E-state index contributed by atoms with van der Waals surface area (Å²) in [5.41, 5.74) is 6.22. The van der Waals surface area contributed by atoms with E-state index in [1.54, 1.807) is 18.2 Å². The summed E-state index contributed by atoms with van der Waals surface area (Å²) in [5, 5.41) is 30.7.